The average Bonchev–Trinajstić information content (AvgIpc) is 2.82. The molecule has 0 fully saturated rings. The quantitative estimate of drug-likeness (QED) is 0.279. The Bertz CT molecular complexity index is 1380. The lowest BCUT2D eigenvalue weighted by atomic mass is 9.96. The third-order valence-corrected chi connectivity index (χ3v) is 5.86. The van der Waals surface area contributed by atoms with Crippen molar-refractivity contribution in [3.63, 3.8) is 0 Å². The van der Waals surface area contributed by atoms with E-state index >= 15 is 4.39 Å². The summed E-state index contributed by atoms with van der Waals surface area (Å²) in [5, 5.41) is 9.69. The largest absolute Gasteiger partial charge is 0.384 e. The molecule has 0 aliphatic heterocycles. The first-order valence-corrected chi connectivity index (χ1v) is 10.8. The Morgan fingerprint density at radius 1 is 0.765 bits per heavy atom. The van der Waals surface area contributed by atoms with Gasteiger partial charge in [-0.25, -0.2) is 17.6 Å². The highest BCUT2D eigenvalue weighted by Crippen LogP contribution is 2.32. The highest BCUT2D eigenvalue weighted by atomic mass is 19.1. The second kappa shape index (κ2) is 10.1. The van der Waals surface area contributed by atoms with Gasteiger partial charge in [-0.2, -0.15) is 5.26 Å². The molecular weight excluding hydrogens is 442 g/mol. The monoisotopic (exact) mass is 463 g/mol. The van der Waals surface area contributed by atoms with Crippen LogP contribution < -0.4 is 0 Å². The van der Waals surface area contributed by atoms with Gasteiger partial charge < -0.3 is 4.74 Å². The van der Waals surface area contributed by atoms with Gasteiger partial charge in [0.1, 0.15) is 29.3 Å². The molecule has 4 aromatic rings. The normalized spacial score (nSPS) is 11.1. The highest BCUT2D eigenvalue weighted by Gasteiger charge is 2.16. The van der Waals surface area contributed by atoms with Crippen LogP contribution in [0.1, 0.15) is 22.3 Å². The van der Waals surface area contributed by atoms with Crippen LogP contribution in [0.25, 0.3) is 21.9 Å². The van der Waals surface area contributed by atoms with E-state index in [0.717, 1.165) is 0 Å². The number of hydrogen-bond acceptors (Lipinski definition) is 2. The van der Waals surface area contributed by atoms with Crippen LogP contribution in [0.3, 0.4) is 0 Å². The lowest BCUT2D eigenvalue weighted by Crippen LogP contribution is -1.99. The van der Waals surface area contributed by atoms with E-state index in [1.165, 1.54) is 43.5 Å². The van der Waals surface area contributed by atoms with Gasteiger partial charge in [0, 0.05) is 12.5 Å². The Labute approximate surface area is 195 Å². The van der Waals surface area contributed by atoms with Crippen molar-refractivity contribution in [3.05, 3.63) is 106 Å². The van der Waals surface area contributed by atoms with E-state index in [9.17, 15) is 13.2 Å². The number of rotatable bonds is 7. The van der Waals surface area contributed by atoms with Gasteiger partial charge in [-0.05, 0) is 77.2 Å². The molecule has 0 N–H and O–H groups in total. The average molecular weight is 463 g/mol. The van der Waals surface area contributed by atoms with E-state index in [1.807, 2.05) is 0 Å². The smallest absolute Gasteiger partial charge is 0.141 e. The summed E-state index contributed by atoms with van der Waals surface area (Å²) in [5.41, 5.74) is 1.74. The number of methoxy groups -OCH3 is 1. The van der Waals surface area contributed by atoms with Crippen molar-refractivity contribution >= 4 is 10.8 Å². The number of halogens is 4. The van der Waals surface area contributed by atoms with Crippen molar-refractivity contribution < 1.29 is 22.3 Å². The van der Waals surface area contributed by atoms with Crippen molar-refractivity contribution in [2.24, 2.45) is 0 Å². The molecule has 0 spiro atoms. The number of nitriles is 1. The Hall–Kier alpha value is -3.69. The van der Waals surface area contributed by atoms with Crippen molar-refractivity contribution in [2.75, 3.05) is 13.7 Å². The first-order valence-electron chi connectivity index (χ1n) is 10.8. The van der Waals surface area contributed by atoms with Gasteiger partial charge in [-0.3, -0.25) is 0 Å². The molecule has 0 atom stereocenters. The molecule has 2 nitrogen and oxygen atoms in total. The topological polar surface area (TPSA) is 33.0 Å². The van der Waals surface area contributed by atoms with E-state index in [1.54, 1.807) is 30.3 Å². The van der Waals surface area contributed by atoms with Gasteiger partial charge in [0.2, 0.25) is 0 Å². The van der Waals surface area contributed by atoms with Crippen molar-refractivity contribution in [1.29, 1.82) is 5.26 Å². The third kappa shape index (κ3) is 4.80. The zero-order chi connectivity index (χ0) is 24.2. The molecule has 6 heteroatoms. The molecule has 0 saturated carbocycles. The molecule has 0 heterocycles. The van der Waals surface area contributed by atoms with E-state index in [2.05, 4.69) is 0 Å². The zero-order valence-corrected chi connectivity index (χ0v) is 18.5. The van der Waals surface area contributed by atoms with Crippen LogP contribution in [0, 0.1) is 34.6 Å². The predicted octanol–water partition coefficient (Wildman–Crippen LogP) is 6.91. The Morgan fingerprint density at radius 2 is 1.50 bits per heavy atom. The van der Waals surface area contributed by atoms with Crippen LogP contribution in [-0.2, 0) is 24.0 Å². The van der Waals surface area contributed by atoms with Crippen LogP contribution in [0.15, 0.2) is 60.7 Å². The van der Waals surface area contributed by atoms with Gasteiger partial charge in [-0.15, -0.1) is 0 Å². The first kappa shape index (κ1) is 23.5. The molecule has 0 aliphatic carbocycles. The Morgan fingerprint density at radius 3 is 2.18 bits per heavy atom. The lowest BCUT2D eigenvalue weighted by Gasteiger charge is -2.11. The van der Waals surface area contributed by atoms with Gasteiger partial charge in [-0.1, -0.05) is 30.3 Å². The van der Waals surface area contributed by atoms with E-state index in [-0.39, 0.29) is 11.1 Å². The van der Waals surface area contributed by atoms with Gasteiger partial charge >= 0.3 is 0 Å². The highest BCUT2D eigenvalue weighted by molar-refractivity contribution is 5.88. The summed E-state index contributed by atoms with van der Waals surface area (Å²) in [5.74, 6) is -2.39. The second-order valence-electron chi connectivity index (χ2n) is 8.08. The number of benzene rings is 4. The summed E-state index contributed by atoms with van der Waals surface area (Å²) < 4.78 is 63.3. The molecule has 34 heavy (non-hydrogen) atoms. The number of aryl methyl sites for hydroxylation is 2. The summed E-state index contributed by atoms with van der Waals surface area (Å²) in [6.07, 6.45) is 1.13. The van der Waals surface area contributed by atoms with E-state index in [4.69, 9.17) is 10.00 Å². The maximum Gasteiger partial charge on any atom is 0.141 e. The summed E-state index contributed by atoms with van der Waals surface area (Å²) in [6, 6.07) is 16.6. The minimum absolute atomic E-state index is 0.0334. The van der Waals surface area contributed by atoms with Gasteiger partial charge in [0.05, 0.1) is 17.7 Å². The fourth-order valence-electron chi connectivity index (χ4n) is 4.04. The standard InChI is InChI=1S/C28H21F4NO/c1-34-11-10-18-13-25(30)27(26(31)14-18)21-8-9-23-20(15-21)7-6-19(28(23)32)4-2-17-3-5-22(16-33)24(29)12-17/h3,5-9,12-15H,2,4,10-11H2,1H3. The molecule has 0 amide bonds. The molecular formula is C28H21F4NO. The number of ether oxygens (including phenoxy) is 1. The Balaban J connectivity index is 1.60. The number of hydrogen-bond donors (Lipinski definition) is 0. The zero-order valence-electron chi connectivity index (χ0n) is 18.5. The first-order chi connectivity index (χ1) is 16.4. The maximum atomic E-state index is 15.2. The van der Waals surface area contributed by atoms with Crippen molar-refractivity contribution in [1.82, 2.24) is 0 Å². The SMILES string of the molecule is COCCc1cc(F)c(-c2ccc3c(F)c(CCc4ccc(C#N)c(F)c4)ccc3c2)c(F)c1. The number of nitrogens with zero attached hydrogens (tertiary/aromatic N) is 1. The fraction of sp³-hybridized carbons (Fsp3) is 0.179. The molecule has 0 saturated heterocycles. The van der Waals surface area contributed by atoms with Crippen LogP contribution in [0.5, 0.6) is 0 Å². The van der Waals surface area contributed by atoms with Gasteiger partial charge in [0.15, 0.2) is 0 Å². The van der Waals surface area contributed by atoms with Crippen LogP contribution in [0.4, 0.5) is 17.6 Å². The summed E-state index contributed by atoms with van der Waals surface area (Å²) in [4.78, 5) is 0. The molecule has 4 rings (SSSR count). The second-order valence-corrected chi connectivity index (χ2v) is 8.08. The minimum Gasteiger partial charge on any atom is -0.384 e. The minimum atomic E-state index is -0.683. The van der Waals surface area contributed by atoms with Gasteiger partial charge in [0.25, 0.3) is 0 Å². The van der Waals surface area contributed by atoms with E-state index < -0.39 is 23.3 Å². The van der Waals surface area contributed by atoms with E-state index in [0.29, 0.717) is 58.9 Å². The molecule has 4 aromatic carbocycles. The molecule has 0 radical (unpaired) electrons. The third-order valence-electron chi connectivity index (χ3n) is 5.86. The molecule has 0 bridgehead atoms. The lowest BCUT2D eigenvalue weighted by molar-refractivity contribution is 0.202. The summed E-state index contributed by atoms with van der Waals surface area (Å²) in [6.45, 7) is 0.357. The van der Waals surface area contributed by atoms with Crippen LogP contribution in [0.2, 0.25) is 0 Å². The van der Waals surface area contributed by atoms with Crippen LogP contribution >= 0.6 is 0 Å². The predicted molar refractivity (Wildman–Crippen MR) is 123 cm³/mol. The van der Waals surface area contributed by atoms with Crippen molar-refractivity contribution in [2.45, 2.75) is 19.3 Å². The van der Waals surface area contributed by atoms with Crippen LogP contribution in [-0.4, -0.2) is 13.7 Å². The Kier molecular flexibility index (Phi) is 6.95. The fourth-order valence-corrected chi connectivity index (χ4v) is 4.04. The molecule has 0 unspecified atom stereocenters. The molecule has 0 aromatic heterocycles. The summed E-state index contributed by atoms with van der Waals surface area (Å²) >= 11 is 0. The summed E-state index contributed by atoms with van der Waals surface area (Å²) in [7, 11) is 1.52. The van der Waals surface area contributed by atoms with Crippen molar-refractivity contribution in [3.8, 4) is 17.2 Å². The molecule has 0 aliphatic rings. The number of fused-ring (bicyclic) bond motifs is 1. The molecule has 172 valence electrons. The maximum absolute atomic E-state index is 15.2.